The molecule has 8 nitrogen and oxygen atoms in total. The number of hydrogen-bond acceptors (Lipinski definition) is 6. The van der Waals surface area contributed by atoms with Gasteiger partial charge in [-0.25, -0.2) is 4.79 Å². The van der Waals surface area contributed by atoms with Crippen molar-refractivity contribution in [2.75, 3.05) is 17.2 Å². The van der Waals surface area contributed by atoms with E-state index in [2.05, 4.69) is 10.6 Å². The second kappa shape index (κ2) is 10.3. The first-order chi connectivity index (χ1) is 18.3. The number of rotatable bonds is 7. The highest BCUT2D eigenvalue weighted by Crippen LogP contribution is 2.32. The predicted octanol–water partition coefficient (Wildman–Crippen LogP) is 6.41. The lowest BCUT2D eigenvalue weighted by Gasteiger charge is -2.08. The summed E-state index contributed by atoms with van der Waals surface area (Å²) in [6, 6.07) is 17.4. The average Bonchev–Trinajstić information content (AvgIpc) is 3.46. The molecule has 0 spiro atoms. The van der Waals surface area contributed by atoms with E-state index in [-0.39, 0.29) is 30.4 Å². The molecule has 38 heavy (non-hydrogen) atoms. The molecule has 192 valence electrons. The van der Waals surface area contributed by atoms with Crippen molar-refractivity contribution in [1.29, 1.82) is 0 Å². The van der Waals surface area contributed by atoms with Crippen LogP contribution in [0.25, 0.3) is 21.9 Å². The summed E-state index contributed by atoms with van der Waals surface area (Å²) in [5.41, 5.74) is 5.17. The van der Waals surface area contributed by atoms with Gasteiger partial charge in [0.1, 0.15) is 16.9 Å². The molecule has 0 saturated heterocycles. The van der Waals surface area contributed by atoms with E-state index in [9.17, 15) is 14.4 Å². The van der Waals surface area contributed by atoms with Crippen LogP contribution in [0.5, 0.6) is 0 Å². The minimum atomic E-state index is -0.541. The van der Waals surface area contributed by atoms with Crippen LogP contribution in [0.15, 0.2) is 75.8 Å². The molecule has 0 radical (unpaired) electrons. The number of hydrogen-bond donors (Lipinski definition) is 2. The van der Waals surface area contributed by atoms with E-state index in [4.69, 9.17) is 13.6 Å². The number of para-hydroxylation sites is 1. The van der Waals surface area contributed by atoms with Crippen LogP contribution in [0, 0.1) is 13.8 Å². The zero-order chi connectivity index (χ0) is 26.8. The fourth-order valence-electron chi connectivity index (χ4n) is 4.53. The van der Waals surface area contributed by atoms with Crippen molar-refractivity contribution in [3.8, 4) is 0 Å². The summed E-state index contributed by atoms with van der Waals surface area (Å²) in [5.74, 6) is -1.33. The van der Waals surface area contributed by atoms with Gasteiger partial charge in [0, 0.05) is 22.0 Å². The molecule has 0 fully saturated rings. The van der Waals surface area contributed by atoms with Crippen molar-refractivity contribution in [2.24, 2.45) is 0 Å². The lowest BCUT2D eigenvalue weighted by molar-refractivity contribution is -0.115. The maximum Gasteiger partial charge on any atom is 0.338 e. The van der Waals surface area contributed by atoms with Crippen molar-refractivity contribution in [3.63, 3.8) is 0 Å². The molecule has 0 aliphatic heterocycles. The van der Waals surface area contributed by atoms with Crippen LogP contribution < -0.4 is 10.6 Å². The van der Waals surface area contributed by atoms with E-state index in [0.717, 1.165) is 27.7 Å². The van der Waals surface area contributed by atoms with Crippen LogP contribution in [0.3, 0.4) is 0 Å². The fraction of sp³-hybridized carbons (Fsp3) is 0.167. The molecule has 5 rings (SSSR count). The smallest absolute Gasteiger partial charge is 0.338 e. The van der Waals surface area contributed by atoms with E-state index >= 15 is 0 Å². The SMILES string of the molecule is CCOC(=O)c1ccc(NC(=O)c2oc3ccccc3c2NC(=O)Cc2coc3cc(C)cc(C)c23)cc1. The normalized spacial score (nSPS) is 11.0. The summed E-state index contributed by atoms with van der Waals surface area (Å²) in [5, 5.41) is 7.15. The third-order valence-electron chi connectivity index (χ3n) is 6.16. The number of esters is 1. The second-order valence-electron chi connectivity index (χ2n) is 9.00. The summed E-state index contributed by atoms with van der Waals surface area (Å²) >= 11 is 0. The Hall–Kier alpha value is -4.85. The van der Waals surface area contributed by atoms with Gasteiger partial charge in [-0.2, -0.15) is 0 Å². The Labute approximate surface area is 218 Å². The second-order valence-corrected chi connectivity index (χ2v) is 9.00. The molecule has 0 saturated carbocycles. The van der Waals surface area contributed by atoms with Crippen molar-refractivity contribution >= 4 is 51.1 Å². The maximum atomic E-state index is 13.2. The number of anilines is 2. The molecule has 3 aromatic carbocycles. The summed E-state index contributed by atoms with van der Waals surface area (Å²) < 4.78 is 16.5. The van der Waals surface area contributed by atoms with Crippen LogP contribution in [-0.4, -0.2) is 24.4 Å². The fourth-order valence-corrected chi connectivity index (χ4v) is 4.53. The highest BCUT2D eigenvalue weighted by atomic mass is 16.5. The Morgan fingerprint density at radius 3 is 2.45 bits per heavy atom. The Morgan fingerprint density at radius 1 is 0.921 bits per heavy atom. The standard InChI is InChI=1S/C30H26N2O6/c1-4-36-30(35)19-9-11-21(12-10-19)31-29(34)28-27(22-7-5-6-8-23(22)38-28)32-25(33)15-20-16-37-24-14-17(2)13-18(3)26(20)24/h5-14,16H,4,15H2,1-3H3,(H,31,34)(H,32,33). The molecule has 2 heterocycles. The molecule has 2 N–H and O–H groups in total. The van der Waals surface area contributed by atoms with Gasteiger partial charge in [-0.3, -0.25) is 9.59 Å². The van der Waals surface area contributed by atoms with Gasteiger partial charge < -0.3 is 24.2 Å². The number of amides is 2. The number of carbonyl (C=O) groups is 3. The van der Waals surface area contributed by atoms with Crippen molar-refractivity contribution in [3.05, 3.63) is 94.9 Å². The first-order valence-corrected chi connectivity index (χ1v) is 12.2. The lowest BCUT2D eigenvalue weighted by atomic mass is 10.0. The first-order valence-electron chi connectivity index (χ1n) is 12.2. The van der Waals surface area contributed by atoms with Crippen LogP contribution in [0.4, 0.5) is 11.4 Å². The van der Waals surface area contributed by atoms with Crippen LogP contribution in [0.1, 0.15) is 44.5 Å². The predicted molar refractivity (Wildman–Crippen MR) is 145 cm³/mol. The van der Waals surface area contributed by atoms with Gasteiger partial charge in [0.25, 0.3) is 5.91 Å². The first kappa shape index (κ1) is 24.8. The third-order valence-corrected chi connectivity index (χ3v) is 6.16. The van der Waals surface area contributed by atoms with Gasteiger partial charge in [0.05, 0.1) is 24.9 Å². The van der Waals surface area contributed by atoms with E-state index in [1.54, 1.807) is 61.7 Å². The zero-order valence-corrected chi connectivity index (χ0v) is 21.2. The maximum absolute atomic E-state index is 13.2. The molecule has 0 unspecified atom stereocenters. The van der Waals surface area contributed by atoms with Crippen LogP contribution in [0.2, 0.25) is 0 Å². The largest absolute Gasteiger partial charge is 0.464 e. The van der Waals surface area contributed by atoms with Gasteiger partial charge in [-0.1, -0.05) is 18.2 Å². The minimum Gasteiger partial charge on any atom is -0.464 e. The minimum absolute atomic E-state index is 0.0297. The number of nitrogens with one attached hydrogen (secondary N) is 2. The van der Waals surface area contributed by atoms with Gasteiger partial charge in [0.15, 0.2) is 0 Å². The van der Waals surface area contributed by atoms with E-state index in [1.165, 1.54) is 0 Å². The van der Waals surface area contributed by atoms with E-state index < -0.39 is 11.9 Å². The van der Waals surface area contributed by atoms with Crippen molar-refractivity contribution in [2.45, 2.75) is 27.2 Å². The molecule has 0 atom stereocenters. The van der Waals surface area contributed by atoms with E-state index in [1.807, 2.05) is 26.0 Å². The molecule has 0 bridgehead atoms. The molecule has 2 amide bonds. The quantitative estimate of drug-likeness (QED) is 0.245. The number of ether oxygens (including phenoxy) is 1. The Balaban J connectivity index is 1.39. The van der Waals surface area contributed by atoms with Gasteiger partial charge >= 0.3 is 5.97 Å². The zero-order valence-electron chi connectivity index (χ0n) is 21.2. The molecule has 5 aromatic rings. The molecule has 0 aliphatic rings. The summed E-state index contributed by atoms with van der Waals surface area (Å²) in [6.45, 7) is 5.98. The van der Waals surface area contributed by atoms with Gasteiger partial charge in [-0.05, 0) is 74.4 Å². The van der Waals surface area contributed by atoms with Crippen molar-refractivity contribution < 1.29 is 28.0 Å². The summed E-state index contributed by atoms with van der Waals surface area (Å²) in [7, 11) is 0. The average molecular weight is 511 g/mol. The lowest BCUT2D eigenvalue weighted by Crippen LogP contribution is -2.18. The molecule has 8 heteroatoms. The highest BCUT2D eigenvalue weighted by Gasteiger charge is 2.23. The molecule has 0 aliphatic carbocycles. The Kier molecular flexibility index (Phi) is 6.70. The third kappa shape index (κ3) is 4.88. The highest BCUT2D eigenvalue weighted by molar-refractivity contribution is 6.15. The van der Waals surface area contributed by atoms with Gasteiger partial charge in [0.2, 0.25) is 11.7 Å². The molecular formula is C30H26N2O6. The van der Waals surface area contributed by atoms with Crippen LogP contribution in [-0.2, 0) is 16.0 Å². The number of fused-ring (bicyclic) bond motifs is 2. The monoisotopic (exact) mass is 510 g/mol. The van der Waals surface area contributed by atoms with E-state index in [0.29, 0.717) is 22.2 Å². The summed E-state index contributed by atoms with van der Waals surface area (Å²) in [4.78, 5) is 38.3. The summed E-state index contributed by atoms with van der Waals surface area (Å²) in [6.07, 6.45) is 1.66. The Morgan fingerprint density at radius 2 is 1.68 bits per heavy atom. The number of benzene rings is 3. The number of carbonyl (C=O) groups excluding carboxylic acids is 3. The van der Waals surface area contributed by atoms with Crippen molar-refractivity contribution in [1.82, 2.24) is 0 Å². The van der Waals surface area contributed by atoms with Crippen LogP contribution >= 0.6 is 0 Å². The molecule has 2 aromatic heterocycles. The number of furan rings is 2. The Bertz CT molecular complexity index is 1680. The van der Waals surface area contributed by atoms with Gasteiger partial charge in [-0.15, -0.1) is 0 Å². The topological polar surface area (TPSA) is 111 Å². The number of aryl methyl sites for hydroxylation is 2. The molecular weight excluding hydrogens is 484 g/mol.